The molecule has 1 saturated carbocycles. The number of terminal acetylenes is 1. The highest BCUT2D eigenvalue weighted by molar-refractivity contribution is 6.03. The van der Waals surface area contributed by atoms with Crippen LogP contribution < -0.4 is 15.4 Å². The first kappa shape index (κ1) is 26.1. The number of hydrogen-bond donors (Lipinski definition) is 1. The number of ether oxygens (including phenoxy) is 2. The maximum absolute atomic E-state index is 16.9. The third-order valence-corrected chi connectivity index (χ3v) is 9.52. The van der Waals surface area contributed by atoms with Crippen molar-refractivity contribution in [3.63, 3.8) is 0 Å². The number of aromatic nitrogens is 3. The van der Waals surface area contributed by atoms with Gasteiger partial charge in [0.1, 0.15) is 41.7 Å². The maximum atomic E-state index is 16.9. The second-order valence-electron chi connectivity index (χ2n) is 12.2. The maximum Gasteiger partial charge on any atom is 0.319 e. The van der Waals surface area contributed by atoms with Gasteiger partial charge in [-0.25, -0.2) is 17.6 Å². The van der Waals surface area contributed by atoms with Crippen molar-refractivity contribution < 1.29 is 29.8 Å². The van der Waals surface area contributed by atoms with Crippen molar-refractivity contribution in [2.45, 2.75) is 43.2 Å². The van der Waals surface area contributed by atoms with Crippen LogP contribution in [0.2, 0.25) is 0 Å². The van der Waals surface area contributed by atoms with E-state index in [0.29, 0.717) is 24.8 Å². The summed E-state index contributed by atoms with van der Waals surface area (Å²) in [5.74, 6) is 0.393. The fraction of sp³-hybridized carbons (Fsp3) is 0.424. The van der Waals surface area contributed by atoms with Crippen molar-refractivity contribution in [1.82, 2.24) is 19.9 Å². The Morgan fingerprint density at radius 2 is 2.09 bits per heavy atom. The Morgan fingerprint density at radius 1 is 1.22 bits per heavy atom. The number of nitrogen functional groups attached to an aromatic ring is 1. The zero-order valence-corrected chi connectivity index (χ0v) is 24.1. The molecular weight excluding hydrogens is 588 g/mol. The molecule has 5 heterocycles. The van der Waals surface area contributed by atoms with Crippen molar-refractivity contribution in [2.75, 3.05) is 50.0 Å². The molecule has 232 valence electrons. The van der Waals surface area contributed by atoms with Crippen LogP contribution in [-0.4, -0.2) is 83.2 Å². The summed E-state index contributed by atoms with van der Waals surface area (Å²) in [5, 5.41) is 0.821. The van der Waals surface area contributed by atoms with E-state index >= 15 is 4.39 Å². The Balaban J connectivity index is 1.32. The van der Waals surface area contributed by atoms with E-state index in [4.69, 9.17) is 24.4 Å². The number of nitrogens with zero attached hydrogens (tertiary/aromatic N) is 5. The second-order valence-corrected chi connectivity index (χ2v) is 12.2. The summed E-state index contributed by atoms with van der Waals surface area (Å²) in [6, 6.07) is 4.61. The molecule has 2 N–H and O–H groups in total. The van der Waals surface area contributed by atoms with Crippen LogP contribution in [0.25, 0.3) is 32.9 Å². The molecule has 0 spiro atoms. The fourth-order valence-electron chi connectivity index (χ4n) is 7.35. The molecule has 0 unspecified atom stereocenters. The third-order valence-electron chi connectivity index (χ3n) is 9.52. The minimum Gasteiger partial charge on any atom is -0.461 e. The standard InChI is InChI=1S/C33H30F4N6O2/c1-2-20-24(35)5-4-17-10-19(38)11-21(25(17)20)28-27(37)29-22(13-39-28)31(43-8-9-44-15-23-26(36)30(23)43)41-32(40-29)45-16-33-6-3-7-42(33)14-18(34)12-33/h1,4-5,10-11,13,18,23,26,30H,3,6-9,12,14-16,38H2/t18-,23-,26+,30-,33+/m1/s1/i16D2. The summed E-state index contributed by atoms with van der Waals surface area (Å²) in [6.45, 7) is -1.18. The van der Waals surface area contributed by atoms with E-state index in [1.807, 2.05) is 0 Å². The summed E-state index contributed by atoms with van der Waals surface area (Å²) in [5.41, 5.74) is 4.66. The first-order valence-electron chi connectivity index (χ1n) is 15.9. The van der Waals surface area contributed by atoms with E-state index in [1.165, 1.54) is 24.4 Å². The van der Waals surface area contributed by atoms with Crippen LogP contribution >= 0.6 is 0 Å². The quantitative estimate of drug-likeness (QED) is 0.193. The number of benzene rings is 2. The molecular formula is C33H30F4N6O2. The summed E-state index contributed by atoms with van der Waals surface area (Å²) in [7, 11) is 0. The van der Waals surface area contributed by atoms with Gasteiger partial charge in [-0.15, -0.1) is 6.42 Å². The average molecular weight is 621 g/mol. The molecule has 0 amide bonds. The molecule has 8 nitrogen and oxygen atoms in total. The zero-order valence-electron chi connectivity index (χ0n) is 26.1. The van der Waals surface area contributed by atoms with Crippen molar-refractivity contribution in [1.29, 1.82) is 0 Å². The van der Waals surface area contributed by atoms with Gasteiger partial charge in [0.25, 0.3) is 0 Å². The van der Waals surface area contributed by atoms with Crippen molar-refractivity contribution in [2.24, 2.45) is 5.92 Å². The molecule has 0 radical (unpaired) electrons. The predicted molar refractivity (Wildman–Crippen MR) is 161 cm³/mol. The minimum absolute atomic E-state index is 0.0732. The van der Waals surface area contributed by atoms with Gasteiger partial charge in [-0.2, -0.15) is 9.97 Å². The lowest BCUT2D eigenvalue weighted by atomic mass is 9.95. The second kappa shape index (κ2) is 10.4. The summed E-state index contributed by atoms with van der Waals surface area (Å²) >= 11 is 0. The van der Waals surface area contributed by atoms with Crippen LogP contribution in [0.3, 0.4) is 0 Å². The number of hydrogen-bond acceptors (Lipinski definition) is 8. The number of alkyl halides is 2. The molecule has 1 aliphatic carbocycles. The molecule has 45 heavy (non-hydrogen) atoms. The van der Waals surface area contributed by atoms with Gasteiger partial charge in [-0.3, -0.25) is 9.88 Å². The molecule has 2 aromatic heterocycles. The number of rotatable bonds is 5. The van der Waals surface area contributed by atoms with Gasteiger partial charge in [-0.1, -0.05) is 12.0 Å². The topological polar surface area (TPSA) is 89.6 Å². The van der Waals surface area contributed by atoms with Gasteiger partial charge >= 0.3 is 6.01 Å². The number of pyridine rings is 1. The lowest BCUT2D eigenvalue weighted by Gasteiger charge is -2.31. The number of fused-ring (bicyclic) bond motifs is 4. The Bertz CT molecular complexity index is 2000. The number of anilines is 2. The smallest absolute Gasteiger partial charge is 0.319 e. The highest BCUT2D eigenvalue weighted by atomic mass is 19.1. The molecule has 3 saturated heterocycles. The Kier molecular flexibility index (Phi) is 6.03. The minimum atomic E-state index is -2.46. The van der Waals surface area contributed by atoms with Crippen LogP contribution in [0.1, 0.15) is 27.6 Å². The van der Waals surface area contributed by atoms with Crippen LogP contribution in [-0.2, 0) is 4.74 Å². The van der Waals surface area contributed by atoms with Crippen LogP contribution in [0.5, 0.6) is 6.01 Å². The highest BCUT2D eigenvalue weighted by Crippen LogP contribution is 2.46. The Morgan fingerprint density at radius 3 is 2.93 bits per heavy atom. The normalized spacial score (nSPS) is 28.7. The van der Waals surface area contributed by atoms with Gasteiger partial charge in [-0.05, 0) is 43.0 Å². The van der Waals surface area contributed by atoms with Crippen molar-refractivity contribution in [3.8, 4) is 29.6 Å². The Labute approximate surface area is 259 Å². The van der Waals surface area contributed by atoms with Crippen LogP contribution in [0.15, 0.2) is 30.5 Å². The highest BCUT2D eigenvalue weighted by Gasteiger charge is 2.56. The van der Waals surface area contributed by atoms with Gasteiger partial charge in [0.05, 0.1) is 38.5 Å². The van der Waals surface area contributed by atoms with E-state index in [2.05, 4.69) is 20.9 Å². The number of nitrogens with two attached hydrogens (primary N) is 1. The predicted octanol–water partition coefficient (Wildman–Crippen LogP) is 4.82. The SMILES string of the molecule is [2H]C([2H])(Oc1nc(N2CCOC[C@@H]3[C@H](F)[C@@H]32)c2cnc(-c3cc(N)cc4ccc(F)c(C#C)c34)c(F)c2n1)[C@@]12CCCN1C[C@H](F)C2. The monoisotopic (exact) mass is 620 g/mol. The molecule has 8 rings (SSSR count). The van der Waals surface area contributed by atoms with Gasteiger partial charge in [0.2, 0.25) is 0 Å². The molecule has 12 heteroatoms. The largest absolute Gasteiger partial charge is 0.461 e. The van der Waals surface area contributed by atoms with Gasteiger partial charge in [0.15, 0.2) is 5.82 Å². The molecule has 4 aromatic rings. The molecule has 4 aliphatic rings. The van der Waals surface area contributed by atoms with Crippen LogP contribution in [0.4, 0.5) is 29.1 Å². The van der Waals surface area contributed by atoms with Crippen LogP contribution in [0, 0.1) is 29.9 Å². The first-order valence-corrected chi connectivity index (χ1v) is 14.9. The Hall–Kier alpha value is -4.21. The summed E-state index contributed by atoms with van der Waals surface area (Å²) in [4.78, 5) is 16.7. The van der Waals surface area contributed by atoms with Gasteiger partial charge in [0, 0.05) is 48.3 Å². The molecule has 5 atom stereocenters. The molecule has 0 bridgehead atoms. The van der Waals surface area contributed by atoms with E-state index < -0.39 is 54.0 Å². The lowest BCUT2D eigenvalue weighted by molar-refractivity contribution is 0.107. The first-order chi connectivity index (χ1) is 22.5. The van der Waals surface area contributed by atoms with E-state index in [0.717, 1.165) is 0 Å². The third kappa shape index (κ3) is 4.47. The summed E-state index contributed by atoms with van der Waals surface area (Å²) in [6.07, 6.45) is 5.50. The fourth-order valence-corrected chi connectivity index (χ4v) is 7.35. The average Bonchev–Trinajstić information content (AvgIpc) is 3.39. The van der Waals surface area contributed by atoms with E-state index in [9.17, 15) is 13.2 Å². The van der Waals surface area contributed by atoms with Crippen molar-refractivity contribution in [3.05, 3.63) is 47.7 Å². The number of halogens is 4. The van der Waals surface area contributed by atoms with Crippen molar-refractivity contribution >= 4 is 33.2 Å². The summed E-state index contributed by atoms with van der Waals surface area (Å²) < 4.78 is 90.8. The molecule has 4 fully saturated rings. The van der Waals surface area contributed by atoms with E-state index in [-0.39, 0.29) is 77.3 Å². The molecule has 3 aliphatic heterocycles. The lowest BCUT2D eigenvalue weighted by Crippen LogP contribution is -2.43. The van der Waals surface area contributed by atoms with Gasteiger partial charge < -0.3 is 20.1 Å². The van der Waals surface area contributed by atoms with E-state index in [1.54, 1.807) is 15.9 Å². The molecule has 2 aromatic carbocycles. The zero-order chi connectivity index (χ0) is 32.8.